The Morgan fingerprint density at radius 2 is 1.89 bits per heavy atom. The average Bonchev–Trinajstić information content (AvgIpc) is 2.98. The Bertz CT molecular complexity index is 1430. The van der Waals surface area contributed by atoms with Crippen molar-refractivity contribution in [2.24, 2.45) is 0 Å². The molecule has 1 aliphatic heterocycles. The average molecular weight is 500 g/mol. The minimum atomic E-state index is -3.85. The predicted octanol–water partition coefficient (Wildman–Crippen LogP) is 4.93. The van der Waals surface area contributed by atoms with E-state index in [1.165, 1.54) is 24.0 Å². The fourth-order valence-electron chi connectivity index (χ4n) is 3.99. The van der Waals surface area contributed by atoms with Crippen LogP contribution in [0.2, 0.25) is 0 Å². The molecule has 1 unspecified atom stereocenters. The number of halogens is 1. The summed E-state index contributed by atoms with van der Waals surface area (Å²) < 4.78 is 44.8. The van der Waals surface area contributed by atoms with Crippen molar-refractivity contribution in [3.05, 3.63) is 59.7 Å². The predicted molar refractivity (Wildman–Crippen MR) is 131 cm³/mol. The van der Waals surface area contributed by atoms with Crippen molar-refractivity contribution in [1.29, 1.82) is 0 Å². The lowest BCUT2D eigenvalue weighted by molar-refractivity contribution is -0.116. The van der Waals surface area contributed by atoms with Crippen molar-refractivity contribution in [1.82, 2.24) is 4.98 Å². The Morgan fingerprint density at radius 1 is 1.17 bits per heavy atom. The van der Waals surface area contributed by atoms with Gasteiger partial charge in [0.05, 0.1) is 28.4 Å². The molecule has 0 aliphatic carbocycles. The standard InChI is InChI=1S/C25H26FN3O5S/c1-15(30)29(21-7-5-6-18-19(26)14-35(32,33)23(18)21)13-16-8-9-17-10-11-22(27-20(17)12-16)28-24(31)34-25(2,3)4/h5-12,19H,13-14H2,1-4H3,(H,27,28,31). The summed E-state index contributed by atoms with van der Waals surface area (Å²) >= 11 is 0. The zero-order chi connectivity index (χ0) is 25.5. The molecular formula is C25H26FN3O5S. The number of carbonyl (C=O) groups is 2. The molecule has 1 aromatic heterocycles. The van der Waals surface area contributed by atoms with Crippen molar-refractivity contribution < 1.29 is 27.1 Å². The first kappa shape index (κ1) is 24.6. The molecule has 0 saturated carbocycles. The van der Waals surface area contributed by atoms with E-state index >= 15 is 0 Å². The minimum absolute atomic E-state index is 0.0552. The van der Waals surface area contributed by atoms with Gasteiger partial charge in [0, 0.05) is 17.9 Å². The summed E-state index contributed by atoms with van der Waals surface area (Å²) in [7, 11) is -3.85. The highest BCUT2D eigenvalue weighted by molar-refractivity contribution is 7.92. The molecule has 1 atom stereocenters. The summed E-state index contributed by atoms with van der Waals surface area (Å²) in [5.74, 6) is -0.712. The normalized spacial score (nSPS) is 16.5. The molecule has 10 heteroatoms. The maximum atomic E-state index is 14.3. The van der Waals surface area contributed by atoms with Crippen LogP contribution in [-0.4, -0.2) is 36.8 Å². The van der Waals surface area contributed by atoms with Gasteiger partial charge >= 0.3 is 6.09 Å². The van der Waals surface area contributed by atoms with Crippen LogP contribution in [0.15, 0.2) is 53.4 Å². The second-order valence-electron chi connectivity index (χ2n) is 9.40. The van der Waals surface area contributed by atoms with Crippen molar-refractivity contribution >= 4 is 44.2 Å². The molecule has 0 radical (unpaired) electrons. The number of amides is 2. The third-order valence-corrected chi connectivity index (χ3v) is 7.23. The van der Waals surface area contributed by atoms with E-state index in [0.717, 1.165) is 5.39 Å². The first-order valence-corrected chi connectivity index (χ1v) is 12.7. The number of hydrogen-bond acceptors (Lipinski definition) is 6. The SMILES string of the molecule is CC(=O)N(Cc1ccc2ccc(NC(=O)OC(C)(C)C)nc2c1)c1cccc2c1S(=O)(=O)CC2F. The number of rotatable bonds is 4. The highest BCUT2D eigenvalue weighted by Gasteiger charge is 2.38. The lowest BCUT2D eigenvalue weighted by atomic mass is 10.1. The molecule has 2 heterocycles. The number of hydrogen-bond donors (Lipinski definition) is 1. The van der Waals surface area contributed by atoms with E-state index in [1.807, 2.05) is 6.07 Å². The van der Waals surface area contributed by atoms with Crippen LogP contribution in [0.25, 0.3) is 10.9 Å². The van der Waals surface area contributed by atoms with Crippen LogP contribution in [-0.2, 0) is 25.9 Å². The van der Waals surface area contributed by atoms with Crippen LogP contribution in [0.4, 0.5) is 20.7 Å². The second kappa shape index (κ2) is 8.92. The van der Waals surface area contributed by atoms with E-state index in [0.29, 0.717) is 16.9 Å². The van der Waals surface area contributed by atoms with Gasteiger partial charge in [-0.25, -0.2) is 22.6 Å². The smallest absolute Gasteiger partial charge is 0.413 e. The maximum Gasteiger partial charge on any atom is 0.413 e. The zero-order valence-corrected chi connectivity index (χ0v) is 20.6. The number of carbonyl (C=O) groups excluding carboxylic acids is 2. The van der Waals surface area contributed by atoms with Gasteiger partial charge < -0.3 is 9.64 Å². The molecule has 0 saturated heterocycles. The first-order valence-electron chi connectivity index (χ1n) is 11.0. The quantitative estimate of drug-likeness (QED) is 0.546. The van der Waals surface area contributed by atoms with Gasteiger partial charge in [0.15, 0.2) is 9.84 Å². The maximum absolute atomic E-state index is 14.3. The number of sulfone groups is 1. The highest BCUT2D eigenvalue weighted by atomic mass is 32.2. The molecule has 8 nitrogen and oxygen atoms in total. The third-order valence-electron chi connectivity index (χ3n) is 5.44. The Hall–Kier alpha value is -3.53. The number of nitrogens with zero attached hydrogens (tertiary/aromatic N) is 2. The molecule has 35 heavy (non-hydrogen) atoms. The minimum Gasteiger partial charge on any atom is -0.444 e. The van der Waals surface area contributed by atoms with Crippen molar-refractivity contribution in [2.45, 2.75) is 50.9 Å². The largest absolute Gasteiger partial charge is 0.444 e. The van der Waals surface area contributed by atoms with Gasteiger partial charge in [0.25, 0.3) is 0 Å². The van der Waals surface area contributed by atoms with E-state index in [1.54, 1.807) is 51.1 Å². The Morgan fingerprint density at radius 3 is 2.57 bits per heavy atom. The lowest BCUT2D eigenvalue weighted by Crippen LogP contribution is -2.29. The molecule has 0 bridgehead atoms. The number of benzene rings is 2. The van der Waals surface area contributed by atoms with Crippen LogP contribution in [0.3, 0.4) is 0 Å². The molecule has 1 aliphatic rings. The Balaban J connectivity index is 1.66. The van der Waals surface area contributed by atoms with Gasteiger partial charge in [-0.05, 0) is 50.6 Å². The second-order valence-corrected chi connectivity index (χ2v) is 11.4. The summed E-state index contributed by atoms with van der Waals surface area (Å²) in [4.78, 5) is 30.3. The number of alkyl halides is 1. The third kappa shape index (κ3) is 5.27. The number of ether oxygens (including phenoxy) is 1. The summed E-state index contributed by atoms with van der Waals surface area (Å²) in [5.41, 5.74) is 0.821. The molecule has 2 aromatic carbocycles. The van der Waals surface area contributed by atoms with E-state index in [4.69, 9.17) is 4.74 Å². The van der Waals surface area contributed by atoms with Crippen LogP contribution in [0, 0.1) is 0 Å². The molecule has 1 N–H and O–H groups in total. The summed E-state index contributed by atoms with van der Waals surface area (Å²) in [6.07, 6.45) is -2.25. The van der Waals surface area contributed by atoms with Crippen molar-refractivity contribution in [2.75, 3.05) is 16.0 Å². The van der Waals surface area contributed by atoms with Gasteiger partial charge in [-0.1, -0.05) is 24.3 Å². The number of fused-ring (bicyclic) bond motifs is 2. The van der Waals surface area contributed by atoms with Gasteiger partial charge in [0.2, 0.25) is 5.91 Å². The van der Waals surface area contributed by atoms with Crippen LogP contribution in [0.1, 0.15) is 45.0 Å². The van der Waals surface area contributed by atoms with Crippen molar-refractivity contribution in [3.63, 3.8) is 0 Å². The summed E-state index contributed by atoms with van der Waals surface area (Å²) in [6.45, 7) is 6.66. The van der Waals surface area contributed by atoms with Gasteiger partial charge in [-0.15, -0.1) is 0 Å². The Labute approximate surface area is 203 Å². The molecule has 0 spiro atoms. The van der Waals surface area contributed by atoms with Crippen LogP contribution in [0.5, 0.6) is 0 Å². The van der Waals surface area contributed by atoms with E-state index < -0.39 is 33.5 Å². The van der Waals surface area contributed by atoms with Crippen LogP contribution >= 0.6 is 0 Å². The van der Waals surface area contributed by atoms with E-state index in [9.17, 15) is 22.4 Å². The first-order chi connectivity index (χ1) is 16.3. The number of anilines is 2. The molecule has 2 amide bonds. The van der Waals surface area contributed by atoms with E-state index in [2.05, 4.69) is 10.3 Å². The van der Waals surface area contributed by atoms with E-state index in [-0.39, 0.29) is 28.6 Å². The van der Waals surface area contributed by atoms with Crippen LogP contribution < -0.4 is 10.2 Å². The monoisotopic (exact) mass is 499 g/mol. The molecule has 0 fully saturated rings. The van der Waals surface area contributed by atoms with Crippen molar-refractivity contribution in [3.8, 4) is 0 Å². The van der Waals surface area contributed by atoms with Gasteiger partial charge in [-0.3, -0.25) is 10.1 Å². The highest BCUT2D eigenvalue weighted by Crippen LogP contribution is 2.42. The molecule has 4 rings (SSSR count). The summed E-state index contributed by atoms with van der Waals surface area (Å²) in [6, 6.07) is 13.3. The van der Waals surface area contributed by atoms with Gasteiger partial charge in [-0.2, -0.15) is 0 Å². The summed E-state index contributed by atoms with van der Waals surface area (Å²) in [5, 5.41) is 3.40. The Kier molecular flexibility index (Phi) is 6.27. The number of pyridine rings is 1. The number of nitrogens with one attached hydrogen (secondary N) is 1. The molecule has 3 aromatic rings. The fraction of sp³-hybridized carbons (Fsp3) is 0.320. The number of aromatic nitrogens is 1. The lowest BCUT2D eigenvalue weighted by Gasteiger charge is -2.24. The molecular weight excluding hydrogens is 473 g/mol. The zero-order valence-electron chi connectivity index (χ0n) is 19.8. The fourth-order valence-corrected chi connectivity index (χ4v) is 5.78. The molecule has 184 valence electrons. The van der Waals surface area contributed by atoms with Gasteiger partial charge in [0.1, 0.15) is 17.6 Å². The topological polar surface area (TPSA) is 106 Å².